The van der Waals surface area contributed by atoms with Crippen LogP contribution in [-0.2, 0) is 6.54 Å². The van der Waals surface area contributed by atoms with Crippen molar-refractivity contribution in [2.75, 3.05) is 19.6 Å². The molecule has 1 N–H and O–H groups in total. The molecule has 0 aliphatic carbocycles. The van der Waals surface area contributed by atoms with Crippen LogP contribution < -0.4 is 5.32 Å². The Bertz CT molecular complexity index is 327. The molecule has 0 atom stereocenters. The van der Waals surface area contributed by atoms with Crippen molar-refractivity contribution in [1.29, 1.82) is 0 Å². The van der Waals surface area contributed by atoms with E-state index in [2.05, 4.69) is 24.1 Å². The molecule has 0 saturated carbocycles. The first-order valence-corrected chi connectivity index (χ1v) is 6.78. The number of hydrogen-bond acceptors (Lipinski definition) is 3. The van der Waals surface area contributed by atoms with Crippen molar-refractivity contribution < 1.29 is 4.42 Å². The second-order valence-corrected chi connectivity index (χ2v) is 5.02. The van der Waals surface area contributed by atoms with Gasteiger partial charge in [0.05, 0.1) is 12.8 Å². The lowest BCUT2D eigenvalue weighted by Gasteiger charge is -2.32. The summed E-state index contributed by atoms with van der Waals surface area (Å²) >= 11 is 0. The molecule has 3 heteroatoms. The van der Waals surface area contributed by atoms with Gasteiger partial charge in [-0.2, -0.15) is 0 Å². The van der Waals surface area contributed by atoms with Gasteiger partial charge in [0.1, 0.15) is 5.76 Å². The SMILES string of the molecule is CCCN1CCC(NCc2occc2C)CC1. The van der Waals surface area contributed by atoms with E-state index < -0.39 is 0 Å². The van der Waals surface area contributed by atoms with Crippen molar-refractivity contribution in [2.24, 2.45) is 0 Å². The van der Waals surface area contributed by atoms with Gasteiger partial charge in [0, 0.05) is 6.04 Å². The summed E-state index contributed by atoms with van der Waals surface area (Å²) < 4.78 is 5.44. The Morgan fingerprint density at radius 2 is 2.18 bits per heavy atom. The van der Waals surface area contributed by atoms with Crippen LogP contribution in [0.3, 0.4) is 0 Å². The molecule has 3 nitrogen and oxygen atoms in total. The Kier molecular flexibility index (Phi) is 4.63. The number of piperidine rings is 1. The van der Waals surface area contributed by atoms with Gasteiger partial charge in [-0.3, -0.25) is 0 Å². The van der Waals surface area contributed by atoms with Crippen molar-refractivity contribution in [1.82, 2.24) is 10.2 Å². The molecule has 0 aromatic carbocycles. The minimum Gasteiger partial charge on any atom is -0.468 e. The molecule has 0 unspecified atom stereocenters. The first-order valence-electron chi connectivity index (χ1n) is 6.78. The van der Waals surface area contributed by atoms with Crippen molar-refractivity contribution in [3.63, 3.8) is 0 Å². The third kappa shape index (κ3) is 3.58. The summed E-state index contributed by atoms with van der Waals surface area (Å²) in [5.74, 6) is 1.08. The number of nitrogens with one attached hydrogen (secondary N) is 1. The summed E-state index contributed by atoms with van der Waals surface area (Å²) in [5, 5.41) is 3.61. The zero-order chi connectivity index (χ0) is 12.1. The highest BCUT2D eigenvalue weighted by atomic mass is 16.3. The van der Waals surface area contributed by atoms with Crippen molar-refractivity contribution in [3.8, 4) is 0 Å². The van der Waals surface area contributed by atoms with E-state index >= 15 is 0 Å². The molecule has 96 valence electrons. The standard InChI is InChI=1S/C14H24N2O/c1-3-7-16-8-4-13(5-9-16)15-11-14-12(2)6-10-17-14/h6,10,13,15H,3-5,7-9,11H2,1-2H3. The van der Waals surface area contributed by atoms with Gasteiger partial charge < -0.3 is 14.6 Å². The summed E-state index contributed by atoms with van der Waals surface area (Å²) in [6.45, 7) is 8.96. The van der Waals surface area contributed by atoms with Crippen LogP contribution in [0.5, 0.6) is 0 Å². The maximum atomic E-state index is 5.44. The fraction of sp³-hybridized carbons (Fsp3) is 0.714. The minimum atomic E-state index is 0.660. The van der Waals surface area contributed by atoms with Gasteiger partial charge >= 0.3 is 0 Å². The molecule has 2 heterocycles. The summed E-state index contributed by atoms with van der Waals surface area (Å²) in [7, 11) is 0. The number of likely N-dealkylation sites (tertiary alicyclic amines) is 1. The highest BCUT2D eigenvalue weighted by Crippen LogP contribution is 2.13. The first kappa shape index (κ1) is 12.7. The van der Waals surface area contributed by atoms with E-state index in [0.717, 1.165) is 12.3 Å². The lowest BCUT2D eigenvalue weighted by Crippen LogP contribution is -2.42. The molecule has 1 aromatic rings. The van der Waals surface area contributed by atoms with E-state index in [0.29, 0.717) is 6.04 Å². The normalized spacial score (nSPS) is 18.7. The van der Waals surface area contributed by atoms with E-state index in [1.165, 1.54) is 44.5 Å². The lowest BCUT2D eigenvalue weighted by atomic mass is 10.0. The monoisotopic (exact) mass is 236 g/mol. The average Bonchev–Trinajstić information content (AvgIpc) is 2.75. The van der Waals surface area contributed by atoms with E-state index in [1.54, 1.807) is 6.26 Å². The lowest BCUT2D eigenvalue weighted by molar-refractivity contribution is 0.196. The molecule has 0 spiro atoms. The van der Waals surface area contributed by atoms with Gasteiger partial charge in [-0.05, 0) is 57.5 Å². The van der Waals surface area contributed by atoms with Crippen LogP contribution in [0, 0.1) is 6.92 Å². The fourth-order valence-electron chi connectivity index (χ4n) is 2.50. The van der Waals surface area contributed by atoms with E-state index in [4.69, 9.17) is 4.42 Å². The zero-order valence-corrected chi connectivity index (χ0v) is 11.0. The summed E-state index contributed by atoms with van der Waals surface area (Å²) in [6, 6.07) is 2.69. The third-order valence-corrected chi connectivity index (χ3v) is 3.65. The van der Waals surface area contributed by atoms with Crippen LogP contribution >= 0.6 is 0 Å². The van der Waals surface area contributed by atoms with Gasteiger partial charge in [0.25, 0.3) is 0 Å². The highest BCUT2D eigenvalue weighted by Gasteiger charge is 2.18. The summed E-state index contributed by atoms with van der Waals surface area (Å²) in [6.07, 6.45) is 5.57. The molecular formula is C14H24N2O. The number of rotatable bonds is 5. The molecule has 0 amide bonds. The van der Waals surface area contributed by atoms with Crippen LogP contribution in [0.15, 0.2) is 16.7 Å². The molecule has 0 bridgehead atoms. The van der Waals surface area contributed by atoms with E-state index in [-0.39, 0.29) is 0 Å². The molecule has 1 fully saturated rings. The first-order chi connectivity index (χ1) is 8.29. The van der Waals surface area contributed by atoms with Gasteiger partial charge in [-0.25, -0.2) is 0 Å². The van der Waals surface area contributed by atoms with Gasteiger partial charge in [-0.1, -0.05) is 6.92 Å². The Morgan fingerprint density at radius 3 is 2.76 bits per heavy atom. The summed E-state index contributed by atoms with van der Waals surface area (Å²) in [5.41, 5.74) is 1.25. The second-order valence-electron chi connectivity index (χ2n) is 5.02. The third-order valence-electron chi connectivity index (χ3n) is 3.65. The predicted octanol–water partition coefficient (Wildman–Crippen LogP) is 2.55. The van der Waals surface area contributed by atoms with Crippen molar-refractivity contribution >= 4 is 0 Å². The Hall–Kier alpha value is -0.800. The number of hydrogen-bond donors (Lipinski definition) is 1. The molecule has 0 radical (unpaired) electrons. The van der Waals surface area contributed by atoms with Gasteiger partial charge in [0.2, 0.25) is 0 Å². The zero-order valence-electron chi connectivity index (χ0n) is 11.0. The van der Waals surface area contributed by atoms with Gasteiger partial charge in [-0.15, -0.1) is 0 Å². The van der Waals surface area contributed by atoms with E-state index in [9.17, 15) is 0 Å². The maximum Gasteiger partial charge on any atom is 0.120 e. The van der Waals surface area contributed by atoms with Crippen LogP contribution in [0.1, 0.15) is 37.5 Å². The molecule has 1 aromatic heterocycles. The number of aryl methyl sites for hydroxylation is 1. The Labute approximate surface area is 104 Å². The Balaban J connectivity index is 1.70. The smallest absolute Gasteiger partial charge is 0.120 e. The van der Waals surface area contributed by atoms with Crippen LogP contribution in [0.4, 0.5) is 0 Å². The molecule has 2 rings (SSSR count). The largest absolute Gasteiger partial charge is 0.468 e. The highest BCUT2D eigenvalue weighted by molar-refractivity contribution is 5.14. The summed E-state index contributed by atoms with van der Waals surface area (Å²) in [4.78, 5) is 2.57. The number of furan rings is 1. The average molecular weight is 236 g/mol. The molecular weight excluding hydrogens is 212 g/mol. The minimum absolute atomic E-state index is 0.660. The number of nitrogens with zero attached hydrogens (tertiary/aromatic N) is 1. The topological polar surface area (TPSA) is 28.4 Å². The molecule has 1 aliphatic heterocycles. The molecule has 1 aliphatic rings. The van der Waals surface area contributed by atoms with Crippen molar-refractivity contribution in [3.05, 3.63) is 23.7 Å². The van der Waals surface area contributed by atoms with Gasteiger partial charge in [0.15, 0.2) is 0 Å². The van der Waals surface area contributed by atoms with Crippen molar-refractivity contribution in [2.45, 2.75) is 45.7 Å². The van der Waals surface area contributed by atoms with Crippen LogP contribution in [-0.4, -0.2) is 30.6 Å². The predicted molar refractivity (Wildman–Crippen MR) is 70.0 cm³/mol. The maximum absolute atomic E-state index is 5.44. The molecule has 17 heavy (non-hydrogen) atoms. The Morgan fingerprint density at radius 1 is 1.41 bits per heavy atom. The second kappa shape index (κ2) is 6.22. The quantitative estimate of drug-likeness (QED) is 0.851. The fourth-order valence-corrected chi connectivity index (χ4v) is 2.50. The molecule has 1 saturated heterocycles. The van der Waals surface area contributed by atoms with E-state index in [1.807, 2.05) is 6.07 Å². The van der Waals surface area contributed by atoms with Crippen LogP contribution in [0.2, 0.25) is 0 Å². The van der Waals surface area contributed by atoms with Crippen LogP contribution in [0.25, 0.3) is 0 Å².